The van der Waals surface area contributed by atoms with E-state index in [0.717, 1.165) is 12.8 Å². The molecule has 0 aliphatic heterocycles. The minimum absolute atomic E-state index is 0.0680. The molecule has 0 fully saturated rings. The Bertz CT molecular complexity index is 566. The topological polar surface area (TPSA) is 29.5 Å². The van der Waals surface area contributed by atoms with Crippen molar-refractivity contribution in [3.8, 4) is 12.3 Å². The summed E-state index contributed by atoms with van der Waals surface area (Å²) in [7, 11) is -1.82. The molecule has 2 unspecified atom stereocenters. The van der Waals surface area contributed by atoms with Crippen molar-refractivity contribution in [2.24, 2.45) is 5.41 Å². The van der Waals surface area contributed by atoms with E-state index >= 15 is 0 Å². The Morgan fingerprint density at radius 2 is 1.83 bits per heavy atom. The maximum atomic E-state index is 10.1. The number of rotatable bonds is 4. The van der Waals surface area contributed by atoms with E-state index in [9.17, 15) is 5.11 Å². The summed E-state index contributed by atoms with van der Waals surface area (Å²) in [6.07, 6.45) is 11.4. The second-order valence-corrected chi connectivity index (χ2v) is 14.3. The van der Waals surface area contributed by atoms with Crippen molar-refractivity contribution in [3.63, 3.8) is 0 Å². The molecular formula is C21H36O2Si. The Morgan fingerprint density at radius 1 is 1.29 bits per heavy atom. The molecule has 0 bridgehead atoms. The fourth-order valence-corrected chi connectivity index (χ4v) is 4.24. The normalized spacial score (nSPS) is 24.8. The molecule has 0 amide bonds. The van der Waals surface area contributed by atoms with Crippen molar-refractivity contribution in [2.75, 3.05) is 0 Å². The van der Waals surface area contributed by atoms with Crippen LogP contribution in [0.15, 0.2) is 23.3 Å². The van der Waals surface area contributed by atoms with Gasteiger partial charge < -0.3 is 9.53 Å². The minimum atomic E-state index is -1.82. The van der Waals surface area contributed by atoms with Crippen LogP contribution in [0.3, 0.4) is 0 Å². The van der Waals surface area contributed by atoms with Gasteiger partial charge in [-0.2, -0.15) is 0 Å². The third kappa shape index (κ3) is 4.85. The lowest BCUT2D eigenvalue weighted by Gasteiger charge is -2.44. The lowest BCUT2D eigenvalue weighted by molar-refractivity contribution is 0.166. The molecule has 1 aliphatic rings. The first kappa shape index (κ1) is 21.2. The zero-order valence-corrected chi connectivity index (χ0v) is 18.1. The van der Waals surface area contributed by atoms with Gasteiger partial charge in [0.25, 0.3) is 0 Å². The van der Waals surface area contributed by atoms with Crippen molar-refractivity contribution in [2.45, 2.75) is 91.1 Å². The average molecular weight is 349 g/mol. The second kappa shape index (κ2) is 6.82. The van der Waals surface area contributed by atoms with Crippen LogP contribution < -0.4 is 0 Å². The van der Waals surface area contributed by atoms with E-state index < -0.39 is 13.9 Å². The maximum Gasteiger partial charge on any atom is 0.192 e. The van der Waals surface area contributed by atoms with E-state index in [1.807, 2.05) is 6.08 Å². The molecule has 2 nitrogen and oxygen atoms in total. The summed E-state index contributed by atoms with van der Waals surface area (Å²) in [5.74, 6) is 2.41. The van der Waals surface area contributed by atoms with Crippen LogP contribution in [-0.2, 0) is 4.43 Å². The van der Waals surface area contributed by atoms with Crippen molar-refractivity contribution >= 4 is 8.32 Å². The summed E-state index contributed by atoms with van der Waals surface area (Å²) in [5.41, 5.74) is 1.38. The number of hydrogen-bond donors (Lipinski definition) is 1. The lowest BCUT2D eigenvalue weighted by atomic mass is 9.71. The van der Waals surface area contributed by atoms with Gasteiger partial charge in [-0.05, 0) is 67.5 Å². The van der Waals surface area contributed by atoms with E-state index in [1.54, 1.807) is 13.0 Å². The molecule has 136 valence electrons. The average Bonchev–Trinajstić information content (AvgIpc) is 2.40. The van der Waals surface area contributed by atoms with Crippen LogP contribution in [-0.4, -0.2) is 25.1 Å². The Labute approximate surface area is 150 Å². The van der Waals surface area contributed by atoms with Gasteiger partial charge in [0, 0.05) is 0 Å². The standard InChI is InChI=1S/C21H36O2Si/c1-11-21(8,22)15-12-17-16(2)18(13-14-20(17,6)7)23-24(9,10)19(3,4)5/h1,12,15,18,22H,13-14H2,2-10H3/b15-12-. The van der Waals surface area contributed by atoms with Gasteiger partial charge in [-0.3, -0.25) is 0 Å². The molecule has 2 atom stereocenters. The molecule has 0 heterocycles. The highest BCUT2D eigenvalue weighted by Gasteiger charge is 2.41. The lowest BCUT2D eigenvalue weighted by Crippen LogP contribution is -2.45. The maximum absolute atomic E-state index is 10.1. The van der Waals surface area contributed by atoms with Crippen molar-refractivity contribution in [1.82, 2.24) is 0 Å². The summed E-state index contributed by atoms with van der Waals surface area (Å²) in [4.78, 5) is 0. The summed E-state index contributed by atoms with van der Waals surface area (Å²) in [6.45, 7) is 19.7. The number of allylic oxidation sites excluding steroid dienone is 2. The van der Waals surface area contributed by atoms with E-state index in [2.05, 4.69) is 60.6 Å². The van der Waals surface area contributed by atoms with Crippen LogP contribution in [0.4, 0.5) is 0 Å². The third-order valence-electron chi connectivity index (χ3n) is 5.78. The first-order chi connectivity index (χ1) is 10.6. The van der Waals surface area contributed by atoms with E-state index in [-0.39, 0.29) is 16.6 Å². The summed E-state index contributed by atoms with van der Waals surface area (Å²) >= 11 is 0. The van der Waals surface area contributed by atoms with Crippen LogP contribution >= 0.6 is 0 Å². The predicted octanol–water partition coefficient (Wildman–Crippen LogP) is 5.45. The summed E-state index contributed by atoms with van der Waals surface area (Å²) in [6, 6.07) is 0. The van der Waals surface area contributed by atoms with Crippen LogP contribution in [0.2, 0.25) is 18.1 Å². The fourth-order valence-electron chi connectivity index (χ4n) is 2.88. The molecule has 3 heteroatoms. The van der Waals surface area contributed by atoms with E-state index in [0.29, 0.717) is 0 Å². The van der Waals surface area contributed by atoms with E-state index in [1.165, 1.54) is 11.1 Å². The highest BCUT2D eigenvalue weighted by atomic mass is 28.4. The van der Waals surface area contributed by atoms with Gasteiger partial charge >= 0.3 is 0 Å². The first-order valence-electron chi connectivity index (χ1n) is 8.91. The molecule has 1 rings (SSSR count). The molecule has 0 radical (unpaired) electrons. The van der Waals surface area contributed by atoms with Gasteiger partial charge in [0.2, 0.25) is 0 Å². The Morgan fingerprint density at radius 3 is 2.29 bits per heavy atom. The largest absolute Gasteiger partial charge is 0.410 e. The Balaban J connectivity index is 3.20. The van der Waals surface area contributed by atoms with Crippen LogP contribution in [0, 0.1) is 17.8 Å². The third-order valence-corrected chi connectivity index (χ3v) is 10.3. The van der Waals surface area contributed by atoms with Crippen molar-refractivity contribution < 1.29 is 9.53 Å². The monoisotopic (exact) mass is 348 g/mol. The van der Waals surface area contributed by atoms with Gasteiger partial charge in [0.05, 0.1) is 6.10 Å². The predicted molar refractivity (Wildman–Crippen MR) is 106 cm³/mol. The molecule has 24 heavy (non-hydrogen) atoms. The number of hydrogen-bond acceptors (Lipinski definition) is 2. The molecule has 0 aromatic carbocycles. The smallest absolute Gasteiger partial charge is 0.192 e. The minimum Gasteiger partial charge on any atom is -0.410 e. The van der Waals surface area contributed by atoms with Crippen LogP contribution in [0.5, 0.6) is 0 Å². The Hall–Kier alpha value is -0.823. The number of aliphatic hydroxyl groups is 1. The molecule has 0 aromatic heterocycles. The molecule has 0 aromatic rings. The van der Waals surface area contributed by atoms with Gasteiger partial charge in [-0.15, -0.1) is 6.42 Å². The quantitative estimate of drug-likeness (QED) is 0.540. The summed E-state index contributed by atoms with van der Waals surface area (Å²) < 4.78 is 6.68. The fraction of sp³-hybridized carbons (Fsp3) is 0.714. The molecule has 0 saturated heterocycles. The van der Waals surface area contributed by atoms with Crippen LogP contribution in [0.1, 0.15) is 61.3 Å². The Kier molecular flexibility index (Phi) is 6.03. The number of terminal acetylenes is 1. The summed E-state index contributed by atoms with van der Waals surface area (Å²) in [5, 5.41) is 10.3. The van der Waals surface area contributed by atoms with Gasteiger partial charge in [0.1, 0.15) is 5.60 Å². The van der Waals surface area contributed by atoms with Crippen molar-refractivity contribution in [3.05, 3.63) is 23.3 Å². The highest BCUT2D eigenvalue weighted by molar-refractivity contribution is 6.74. The van der Waals surface area contributed by atoms with Crippen LogP contribution in [0.25, 0.3) is 0 Å². The van der Waals surface area contributed by atoms with Gasteiger partial charge in [-0.1, -0.05) is 46.6 Å². The van der Waals surface area contributed by atoms with Gasteiger partial charge in [-0.25, -0.2) is 0 Å². The molecule has 0 saturated carbocycles. The van der Waals surface area contributed by atoms with E-state index in [4.69, 9.17) is 10.8 Å². The highest BCUT2D eigenvalue weighted by Crippen LogP contribution is 2.45. The van der Waals surface area contributed by atoms with Crippen molar-refractivity contribution in [1.29, 1.82) is 0 Å². The zero-order valence-electron chi connectivity index (χ0n) is 17.1. The molecule has 0 spiro atoms. The molecular weight excluding hydrogens is 312 g/mol. The second-order valence-electron chi connectivity index (χ2n) is 9.51. The van der Waals surface area contributed by atoms with Gasteiger partial charge in [0.15, 0.2) is 8.32 Å². The zero-order chi connectivity index (χ0) is 19.0. The molecule has 1 N–H and O–H groups in total. The first-order valence-corrected chi connectivity index (χ1v) is 11.8. The molecule has 1 aliphatic carbocycles. The SMILES string of the molecule is C#CC(C)(O)/C=C\C1=C(C)C(O[Si](C)(C)C(C)(C)C)CCC1(C)C.